The molecule has 0 unspecified atom stereocenters. The van der Waals surface area contributed by atoms with Gasteiger partial charge in [0.25, 0.3) is 5.91 Å². The van der Waals surface area contributed by atoms with Gasteiger partial charge >= 0.3 is 0 Å². The van der Waals surface area contributed by atoms with Crippen LogP contribution in [-0.2, 0) is 6.42 Å². The summed E-state index contributed by atoms with van der Waals surface area (Å²) in [6, 6.07) is 10.1. The van der Waals surface area contributed by atoms with Gasteiger partial charge in [-0.05, 0) is 30.5 Å². The predicted molar refractivity (Wildman–Crippen MR) is 68.5 cm³/mol. The third kappa shape index (κ3) is 1.90. The number of carbonyl (C=O) groups is 1. The maximum absolute atomic E-state index is 11.8. The molecule has 3 rings (SSSR count). The SMILES string of the molecule is Cc1cc(C(=O)NC[C@H]2Cc3ccccc32)n[nH]1. The van der Waals surface area contributed by atoms with Crippen LogP contribution in [0.1, 0.15) is 33.2 Å². The second-order valence-corrected chi connectivity index (χ2v) is 4.75. The molecule has 1 aromatic carbocycles. The van der Waals surface area contributed by atoms with Crippen molar-refractivity contribution in [2.24, 2.45) is 0 Å². The van der Waals surface area contributed by atoms with Crippen molar-refractivity contribution in [2.75, 3.05) is 6.54 Å². The fourth-order valence-electron chi connectivity index (χ4n) is 2.39. The first-order chi connectivity index (χ1) is 8.74. The topological polar surface area (TPSA) is 57.8 Å². The van der Waals surface area contributed by atoms with E-state index in [1.807, 2.05) is 13.0 Å². The Morgan fingerprint density at radius 1 is 1.50 bits per heavy atom. The van der Waals surface area contributed by atoms with Crippen LogP contribution in [0, 0.1) is 6.92 Å². The van der Waals surface area contributed by atoms with Gasteiger partial charge in [-0.1, -0.05) is 24.3 Å². The molecule has 1 heterocycles. The fraction of sp³-hybridized carbons (Fsp3) is 0.286. The molecule has 0 bridgehead atoms. The summed E-state index contributed by atoms with van der Waals surface area (Å²) in [5.41, 5.74) is 4.11. The molecule has 1 atom stereocenters. The van der Waals surface area contributed by atoms with Crippen LogP contribution in [0.2, 0.25) is 0 Å². The molecule has 0 spiro atoms. The molecule has 92 valence electrons. The number of H-pyrrole nitrogens is 1. The Morgan fingerprint density at radius 3 is 3.06 bits per heavy atom. The van der Waals surface area contributed by atoms with Gasteiger partial charge in [-0.3, -0.25) is 9.89 Å². The van der Waals surface area contributed by atoms with Crippen molar-refractivity contribution in [3.05, 3.63) is 52.8 Å². The average molecular weight is 241 g/mol. The van der Waals surface area contributed by atoms with E-state index in [9.17, 15) is 4.79 Å². The third-order valence-corrected chi connectivity index (χ3v) is 3.41. The largest absolute Gasteiger partial charge is 0.350 e. The highest BCUT2D eigenvalue weighted by atomic mass is 16.1. The number of nitrogens with zero attached hydrogens (tertiary/aromatic N) is 1. The van der Waals surface area contributed by atoms with Crippen LogP contribution in [0.4, 0.5) is 0 Å². The maximum Gasteiger partial charge on any atom is 0.271 e. The first-order valence-corrected chi connectivity index (χ1v) is 6.12. The van der Waals surface area contributed by atoms with Gasteiger partial charge in [-0.15, -0.1) is 0 Å². The molecule has 1 amide bonds. The second-order valence-electron chi connectivity index (χ2n) is 4.75. The van der Waals surface area contributed by atoms with Crippen molar-refractivity contribution in [3.63, 3.8) is 0 Å². The molecular formula is C14H15N3O. The molecule has 0 saturated heterocycles. The van der Waals surface area contributed by atoms with Crippen LogP contribution in [-0.4, -0.2) is 22.6 Å². The van der Waals surface area contributed by atoms with Gasteiger partial charge in [0.15, 0.2) is 0 Å². The van der Waals surface area contributed by atoms with Gasteiger partial charge < -0.3 is 5.32 Å². The van der Waals surface area contributed by atoms with Crippen molar-refractivity contribution in [1.82, 2.24) is 15.5 Å². The van der Waals surface area contributed by atoms with Gasteiger partial charge in [-0.25, -0.2) is 0 Å². The lowest BCUT2D eigenvalue weighted by Crippen LogP contribution is -2.33. The van der Waals surface area contributed by atoms with Gasteiger partial charge in [0.1, 0.15) is 5.69 Å². The minimum atomic E-state index is -0.108. The normalized spacial score (nSPS) is 16.8. The average Bonchev–Trinajstić information content (AvgIpc) is 2.77. The van der Waals surface area contributed by atoms with E-state index in [0.717, 1.165) is 12.1 Å². The van der Waals surface area contributed by atoms with Crippen LogP contribution in [0.3, 0.4) is 0 Å². The second kappa shape index (κ2) is 4.29. The number of amides is 1. The molecule has 0 saturated carbocycles. The quantitative estimate of drug-likeness (QED) is 0.860. The number of nitrogens with one attached hydrogen (secondary N) is 2. The molecule has 2 aromatic rings. The van der Waals surface area contributed by atoms with E-state index in [-0.39, 0.29) is 5.91 Å². The molecule has 4 nitrogen and oxygen atoms in total. The monoisotopic (exact) mass is 241 g/mol. The Hall–Kier alpha value is -2.10. The fourth-order valence-corrected chi connectivity index (χ4v) is 2.39. The zero-order chi connectivity index (χ0) is 12.5. The smallest absolute Gasteiger partial charge is 0.271 e. The Bertz CT molecular complexity index is 588. The van der Waals surface area contributed by atoms with E-state index < -0.39 is 0 Å². The summed E-state index contributed by atoms with van der Waals surface area (Å²) in [6.07, 6.45) is 1.05. The minimum Gasteiger partial charge on any atom is -0.350 e. The molecule has 1 aliphatic rings. The van der Waals surface area contributed by atoms with E-state index in [4.69, 9.17) is 0 Å². The maximum atomic E-state index is 11.8. The first-order valence-electron chi connectivity index (χ1n) is 6.12. The number of aromatic nitrogens is 2. The molecule has 18 heavy (non-hydrogen) atoms. The summed E-state index contributed by atoms with van der Waals surface area (Å²) in [4.78, 5) is 11.8. The lowest BCUT2D eigenvalue weighted by molar-refractivity contribution is 0.0945. The van der Waals surface area contributed by atoms with Crippen molar-refractivity contribution in [2.45, 2.75) is 19.3 Å². The summed E-state index contributed by atoms with van der Waals surface area (Å²) in [5, 5.41) is 9.65. The van der Waals surface area contributed by atoms with Crippen molar-refractivity contribution < 1.29 is 4.79 Å². The zero-order valence-electron chi connectivity index (χ0n) is 10.2. The minimum absolute atomic E-state index is 0.108. The van der Waals surface area contributed by atoms with Crippen LogP contribution < -0.4 is 5.32 Å². The highest BCUT2D eigenvalue weighted by Gasteiger charge is 2.25. The van der Waals surface area contributed by atoms with Crippen LogP contribution in [0.5, 0.6) is 0 Å². The third-order valence-electron chi connectivity index (χ3n) is 3.41. The molecule has 0 fully saturated rings. The van der Waals surface area contributed by atoms with Gasteiger partial charge in [0, 0.05) is 18.2 Å². The van der Waals surface area contributed by atoms with Crippen molar-refractivity contribution in [3.8, 4) is 0 Å². The van der Waals surface area contributed by atoms with Gasteiger partial charge in [-0.2, -0.15) is 5.10 Å². The van der Waals surface area contributed by atoms with Gasteiger partial charge in [0.2, 0.25) is 0 Å². The highest BCUT2D eigenvalue weighted by molar-refractivity contribution is 5.92. The molecule has 0 radical (unpaired) electrons. The number of hydrogen-bond donors (Lipinski definition) is 2. The zero-order valence-corrected chi connectivity index (χ0v) is 10.2. The Labute approximate surface area is 105 Å². The van der Waals surface area contributed by atoms with E-state index in [0.29, 0.717) is 18.2 Å². The number of hydrogen-bond acceptors (Lipinski definition) is 2. The molecule has 1 aliphatic carbocycles. The number of rotatable bonds is 3. The number of benzene rings is 1. The Balaban J connectivity index is 1.59. The Kier molecular flexibility index (Phi) is 2.63. The lowest BCUT2D eigenvalue weighted by atomic mass is 9.77. The molecule has 4 heteroatoms. The van der Waals surface area contributed by atoms with Crippen LogP contribution >= 0.6 is 0 Å². The molecule has 0 aliphatic heterocycles. The van der Waals surface area contributed by atoms with Crippen molar-refractivity contribution in [1.29, 1.82) is 0 Å². The lowest BCUT2D eigenvalue weighted by Gasteiger charge is -2.30. The number of carbonyl (C=O) groups excluding carboxylic acids is 1. The summed E-state index contributed by atoms with van der Waals surface area (Å²) >= 11 is 0. The Morgan fingerprint density at radius 2 is 2.33 bits per heavy atom. The van der Waals surface area contributed by atoms with Gasteiger partial charge in [0.05, 0.1) is 0 Å². The summed E-state index contributed by atoms with van der Waals surface area (Å²) in [5.74, 6) is 0.342. The van der Waals surface area contributed by atoms with Crippen LogP contribution in [0.25, 0.3) is 0 Å². The molecule has 1 aromatic heterocycles. The van der Waals surface area contributed by atoms with E-state index in [1.54, 1.807) is 6.07 Å². The summed E-state index contributed by atoms with van der Waals surface area (Å²) < 4.78 is 0. The summed E-state index contributed by atoms with van der Waals surface area (Å²) in [6.45, 7) is 2.56. The number of aryl methyl sites for hydroxylation is 1. The predicted octanol–water partition coefficient (Wildman–Crippen LogP) is 1.79. The van der Waals surface area contributed by atoms with Crippen molar-refractivity contribution >= 4 is 5.91 Å². The highest BCUT2D eigenvalue weighted by Crippen LogP contribution is 2.33. The van der Waals surface area contributed by atoms with Crippen LogP contribution in [0.15, 0.2) is 30.3 Å². The number of aromatic amines is 1. The number of fused-ring (bicyclic) bond motifs is 1. The standard InChI is InChI=1S/C14H15N3O/c1-9-6-13(17-16-9)14(18)15-8-11-7-10-4-2-3-5-12(10)11/h2-6,11H,7-8H2,1H3,(H,15,18)(H,16,17)/t11-/m1/s1. The molecular weight excluding hydrogens is 226 g/mol. The summed E-state index contributed by atoms with van der Waals surface area (Å²) in [7, 11) is 0. The van der Waals surface area contributed by atoms with E-state index in [1.165, 1.54) is 11.1 Å². The first kappa shape index (κ1) is 11.0. The van der Waals surface area contributed by atoms with E-state index >= 15 is 0 Å². The van der Waals surface area contributed by atoms with E-state index in [2.05, 4.69) is 33.7 Å². The molecule has 2 N–H and O–H groups in total.